The highest BCUT2D eigenvalue weighted by molar-refractivity contribution is 9.10. The maximum atomic E-state index is 6.39. The van der Waals surface area contributed by atoms with E-state index in [1.54, 1.807) is 0 Å². The van der Waals surface area contributed by atoms with Crippen molar-refractivity contribution in [1.29, 1.82) is 0 Å². The zero-order chi connectivity index (χ0) is 14.1. The smallest absolute Gasteiger partial charge is 0.115 e. The van der Waals surface area contributed by atoms with E-state index in [1.165, 1.54) is 23.4 Å². The number of nitrogens with one attached hydrogen (secondary N) is 1. The van der Waals surface area contributed by atoms with Gasteiger partial charge in [0.1, 0.15) is 5.01 Å². The molecule has 0 spiro atoms. The third-order valence-corrected chi connectivity index (χ3v) is 5.60. The summed E-state index contributed by atoms with van der Waals surface area (Å²) in [5.41, 5.74) is 2.38. The summed E-state index contributed by atoms with van der Waals surface area (Å²) in [5, 5.41) is 5.44. The van der Waals surface area contributed by atoms with Crippen LogP contribution in [0.1, 0.15) is 40.5 Å². The molecule has 1 N–H and O–H groups in total. The Hall–Kier alpha value is -0.420. The number of hydrogen-bond donors (Lipinski definition) is 1. The maximum absolute atomic E-state index is 6.39. The lowest BCUT2D eigenvalue weighted by Crippen LogP contribution is -2.22. The van der Waals surface area contributed by atoms with E-state index in [0.717, 1.165) is 33.0 Å². The summed E-state index contributed by atoms with van der Waals surface area (Å²) in [6, 6.07) is 6.08. The Morgan fingerprint density at radius 1 is 1.45 bits per heavy atom. The van der Waals surface area contributed by atoms with Crippen LogP contribution in [-0.4, -0.2) is 11.5 Å². The van der Waals surface area contributed by atoms with Crippen LogP contribution < -0.4 is 5.32 Å². The van der Waals surface area contributed by atoms with Crippen LogP contribution in [0.4, 0.5) is 0 Å². The van der Waals surface area contributed by atoms with Crippen molar-refractivity contribution in [3.8, 4) is 0 Å². The number of aryl methyl sites for hydroxylation is 2. The topological polar surface area (TPSA) is 24.9 Å². The Morgan fingerprint density at radius 3 is 3.05 bits per heavy atom. The predicted octanol–water partition coefficient (Wildman–Crippen LogP) is 4.75. The van der Waals surface area contributed by atoms with E-state index < -0.39 is 0 Å². The third-order valence-electron chi connectivity index (χ3n) is 3.54. The first-order valence-electron chi connectivity index (χ1n) is 6.86. The summed E-state index contributed by atoms with van der Waals surface area (Å²) in [6.07, 6.45) is 3.55. The fourth-order valence-corrected chi connectivity index (χ4v) is 4.46. The number of fused-ring (bicyclic) bond motifs is 1. The van der Waals surface area contributed by atoms with E-state index >= 15 is 0 Å². The molecule has 1 unspecified atom stereocenters. The second-order valence-corrected chi connectivity index (χ2v) is 7.37. The average molecular weight is 372 g/mol. The fraction of sp³-hybridized carbons (Fsp3) is 0.400. The van der Waals surface area contributed by atoms with Gasteiger partial charge in [-0.2, -0.15) is 0 Å². The molecule has 2 nitrogen and oxygen atoms in total. The monoisotopic (exact) mass is 370 g/mol. The van der Waals surface area contributed by atoms with Crippen LogP contribution in [0.5, 0.6) is 0 Å². The van der Waals surface area contributed by atoms with Crippen molar-refractivity contribution < 1.29 is 0 Å². The van der Waals surface area contributed by atoms with Gasteiger partial charge >= 0.3 is 0 Å². The van der Waals surface area contributed by atoms with Crippen LogP contribution in [0.3, 0.4) is 0 Å². The molecule has 1 atom stereocenters. The Labute approximate surface area is 136 Å². The van der Waals surface area contributed by atoms with Gasteiger partial charge in [0.2, 0.25) is 0 Å². The van der Waals surface area contributed by atoms with Crippen molar-refractivity contribution in [2.45, 2.75) is 32.2 Å². The second-order valence-electron chi connectivity index (χ2n) is 4.93. The molecule has 0 aliphatic heterocycles. The van der Waals surface area contributed by atoms with Gasteiger partial charge in [-0.15, -0.1) is 11.3 Å². The first-order valence-corrected chi connectivity index (χ1v) is 8.84. The van der Waals surface area contributed by atoms with Crippen LogP contribution in [0.2, 0.25) is 5.02 Å². The van der Waals surface area contributed by atoms with Gasteiger partial charge in [-0.05, 0) is 49.6 Å². The molecule has 3 rings (SSSR count). The second kappa shape index (κ2) is 6.14. The number of nitrogens with zero attached hydrogens (tertiary/aromatic N) is 1. The van der Waals surface area contributed by atoms with Crippen molar-refractivity contribution in [2.75, 3.05) is 6.54 Å². The number of hydrogen-bond acceptors (Lipinski definition) is 3. The van der Waals surface area contributed by atoms with E-state index in [2.05, 4.69) is 34.2 Å². The largest absolute Gasteiger partial charge is 0.304 e. The van der Waals surface area contributed by atoms with E-state index in [0.29, 0.717) is 0 Å². The molecule has 1 aromatic heterocycles. The molecule has 5 heteroatoms. The quantitative estimate of drug-likeness (QED) is 0.839. The minimum atomic E-state index is 0.0839. The molecule has 2 aromatic rings. The van der Waals surface area contributed by atoms with Crippen molar-refractivity contribution in [3.05, 3.63) is 48.8 Å². The summed E-state index contributed by atoms with van der Waals surface area (Å²) in [6.45, 7) is 3.00. The number of benzene rings is 1. The molecule has 1 aliphatic rings. The summed E-state index contributed by atoms with van der Waals surface area (Å²) in [4.78, 5) is 6.29. The summed E-state index contributed by atoms with van der Waals surface area (Å²) in [7, 11) is 0. The Kier molecular flexibility index (Phi) is 4.46. The van der Waals surface area contributed by atoms with Crippen LogP contribution >= 0.6 is 38.9 Å². The molecule has 1 aliphatic carbocycles. The lowest BCUT2D eigenvalue weighted by atomic mass is 10.1. The van der Waals surface area contributed by atoms with Crippen molar-refractivity contribution in [3.63, 3.8) is 0 Å². The molecule has 0 saturated carbocycles. The molecule has 1 aromatic carbocycles. The highest BCUT2D eigenvalue weighted by Crippen LogP contribution is 2.36. The number of rotatable bonds is 4. The lowest BCUT2D eigenvalue weighted by molar-refractivity contribution is 0.625. The van der Waals surface area contributed by atoms with Gasteiger partial charge in [0.05, 0.1) is 11.7 Å². The zero-order valence-corrected chi connectivity index (χ0v) is 14.4. The van der Waals surface area contributed by atoms with Gasteiger partial charge in [-0.25, -0.2) is 4.98 Å². The Morgan fingerprint density at radius 2 is 2.30 bits per heavy atom. The molecule has 0 amide bonds. The maximum Gasteiger partial charge on any atom is 0.115 e. The minimum absolute atomic E-state index is 0.0839. The summed E-state index contributed by atoms with van der Waals surface area (Å²) in [5.74, 6) is 0. The van der Waals surface area contributed by atoms with Crippen LogP contribution in [0, 0.1) is 0 Å². The first kappa shape index (κ1) is 14.5. The predicted molar refractivity (Wildman–Crippen MR) is 88.8 cm³/mol. The number of halogens is 2. The zero-order valence-electron chi connectivity index (χ0n) is 11.2. The van der Waals surface area contributed by atoms with Crippen LogP contribution in [0.25, 0.3) is 0 Å². The SMILES string of the molecule is CCNC(c1nc2c(s1)CCC2)c1cc(Br)ccc1Cl. The highest BCUT2D eigenvalue weighted by Gasteiger charge is 2.24. The molecule has 0 saturated heterocycles. The van der Waals surface area contributed by atoms with E-state index in [4.69, 9.17) is 16.6 Å². The van der Waals surface area contributed by atoms with Crippen molar-refractivity contribution in [1.82, 2.24) is 10.3 Å². The van der Waals surface area contributed by atoms with Crippen LogP contribution in [0.15, 0.2) is 22.7 Å². The molecular formula is C15H16BrClN2S. The highest BCUT2D eigenvalue weighted by atomic mass is 79.9. The summed E-state index contributed by atoms with van der Waals surface area (Å²) >= 11 is 11.7. The normalized spacial score (nSPS) is 15.3. The van der Waals surface area contributed by atoms with Gasteiger partial charge in [-0.1, -0.05) is 34.5 Å². The van der Waals surface area contributed by atoms with E-state index in [1.807, 2.05) is 23.5 Å². The van der Waals surface area contributed by atoms with Crippen LogP contribution in [-0.2, 0) is 12.8 Å². The first-order chi connectivity index (χ1) is 9.69. The van der Waals surface area contributed by atoms with Crippen molar-refractivity contribution in [2.24, 2.45) is 0 Å². The van der Waals surface area contributed by atoms with Gasteiger partial charge in [0.15, 0.2) is 0 Å². The number of aromatic nitrogens is 1. The Balaban J connectivity index is 2.01. The standard InChI is InChI=1S/C15H16BrClN2S/c1-2-18-14(10-8-9(16)6-7-11(10)17)15-19-12-4-3-5-13(12)20-15/h6-8,14,18H,2-5H2,1H3. The molecular weight excluding hydrogens is 356 g/mol. The van der Waals surface area contributed by atoms with Gasteiger partial charge in [0, 0.05) is 14.4 Å². The average Bonchev–Trinajstić information content (AvgIpc) is 3.00. The molecule has 0 radical (unpaired) electrons. The molecule has 20 heavy (non-hydrogen) atoms. The summed E-state index contributed by atoms with van der Waals surface area (Å²) < 4.78 is 1.05. The fourth-order valence-electron chi connectivity index (χ4n) is 2.60. The third kappa shape index (κ3) is 2.80. The Bertz CT molecular complexity index is 605. The molecule has 0 fully saturated rings. The van der Waals surface area contributed by atoms with Gasteiger partial charge in [-0.3, -0.25) is 0 Å². The van der Waals surface area contributed by atoms with Crippen molar-refractivity contribution >= 4 is 38.9 Å². The van der Waals surface area contributed by atoms with Gasteiger partial charge < -0.3 is 5.32 Å². The lowest BCUT2D eigenvalue weighted by Gasteiger charge is -2.17. The minimum Gasteiger partial charge on any atom is -0.304 e. The van der Waals surface area contributed by atoms with E-state index in [-0.39, 0.29) is 6.04 Å². The molecule has 106 valence electrons. The molecule has 0 bridgehead atoms. The number of thiazole rings is 1. The molecule has 1 heterocycles. The van der Waals surface area contributed by atoms with Gasteiger partial charge in [0.25, 0.3) is 0 Å². The van der Waals surface area contributed by atoms with E-state index in [9.17, 15) is 0 Å².